The van der Waals surface area contributed by atoms with Crippen LogP contribution in [0.2, 0.25) is 0 Å². The molecule has 0 N–H and O–H groups in total. The summed E-state index contributed by atoms with van der Waals surface area (Å²) in [6.45, 7) is 4.76. The number of carbonyl (C=O) groups is 1. The van der Waals surface area contributed by atoms with Crippen LogP contribution in [0.3, 0.4) is 0 Å². The maximum atomic E-state index is 13.1. The molecule has 0 aliphatic rings. The number of nitrogens with zero attached hydrogens (tertiary/aromatic N) is 2. The van der Waals surface area contributed by atoms with E-state index in [4.69, 9.17) is 0 Å². The lowest BCUT2D eigenvalue weighted by molar-refractivity contribution is -0.119. The van der Waals surface area contributed by atoms with Crippen LogP contribution in [0.25, 0.3) is 0 Å². The van der Waals surface area contributed by atoms with Crippen LogP contribution in [0.15, 0.2) is 79.1 Å². The van der Waals surface area contributed by atoms with Crippen molar-refractivity contribution in [2.24, 2.45) is 0 Å². The van der Waals surface area contributed by atoms with Gasteiger partial charge in [-0.3, -0.25) is 4.79 Å². The standard InChI is InChI=1S/C22H24N2O/c1-3-24(20-12-5-4-6-13-20)22(25)17-21(23-14-7-8-15-23)19-11-9-10-18(2)16-19/h4-16,21H,3,17H2,1-2H3/t21-/m1/s1. The number of carbonyl (C=O) groups excluding carboxylic acids is 1. The summed E-state index contributed by atoms with van der Waals surface area (Å²) in [5, 5.41) is 0. The van der Waals surface area contributed by atoms with Crippen LogP contribution in [-0.4, -0.2) is 17.0 Å². The molecule has 0 saturated carbocycles. The normalized spacial score (nSPS) is 11.9. The Hall–Kier alpha value is -2.81. The molecule has 3 nitrogen and oxygen atoms in total. The average molecular weight is 332 g/mol. The molecule has 1 atom stereocenters. The van der Waals surface area contributed by atoms with Crippen LogP contribution in [0.4, 0.5) is 5.69 Å². The molecule has 0 aliphatic heterocycles. The second-order valence-electron chi connectivity index (χ2n) is 6.24. The van der Waals surface area contributed by atoms with Crippen molar-refractivity contribution in [3.8, 4) is 0 Å². The smallest absolute Gasteiger partial charge is 0.229 e. The number of aromatic nitrogens is 1. The maximum absolute atomic E-state index is 13.1. The highest BCUT2D eigenvalue weighted by Gasteiger charge is 2.21. The summed E-state index contributed by atoms with van der Waals surface area (Å²) < 4.78 is 2.12. The van der Waals surface area contributed by atoms with E-state index in [0.717, 1.165) is 11.3 Å². The van der Waals surface area contributed by atoms with Gasteiger partial charge in [0, 0.05) is 24.6 Å². The van der Waals surface area contributed by atoms with Gasteiger partial charge >= 0.3 is 0 Å². The summed E-state index contributed by atoms with van der Waals surface area (Å²) in [5.41, 5.74) is 3.32. The van der Waals surface area contributed by atoms with Crippen molar-refractivity contribution < 1.29 is 4.79 Å². The van der Waals surface area contributed by atoms with E-state index >= 15 is 0 Å². The van der Waals surface area contributed by atoms with Crippen LogP contribution < -0.4 is 4.90 Å². The fraction of sp³-hybridized carbons (Fsp3) is 0.227. The Morgan fingerprint density at radius 3 is 2.36 bits per heavy atom. The zero-order valence-corrected chi connectivity index (χ0v) is 14.8. The summed E-state index contributed by atoms with van der Waals surface area (Å²) >= 11 is 0. The number of hydrogen-bond donors (Lipinski definition) is 0. The number of para-hydroxylation sites is 1. The summed E-state index contributed by atoms with van der Waals surface area (Å²) in [6.07, 6.45) is 4.49. The third kappa shape index (κ3) is 4.00. The van der Waals surface area contributed by atoms with E-state index in [1.165, 1.54) is 5.56 Å². The fourth-order valence-corrected chi connectivity index (χ4v) is 3.21. The van der Waals surface area contributed by atoms with Gasteiger partial charge in [-0.2, -0.15) is 0 Å². The number of rotatable bonds is 6. The molecule has 0 aliphatic carbocycles. The number of benzene rings is 2. The molecule has 1 aromatic heterocycles. The van der Waals surface area contributed by atoms with E-state index in [-0.39, 0.29) is 11.9 Å². The predicted octanol–water partition coefficient (Wildman–Crippen LogP) is 4.83. The van der Waals surface area contributed by atoms with Crippen LogP contribution in [0.1, 0.15) is 30.5 Å². The summed E-state index contributed by atoms with van der Waals surface area (Å²) in [4.78, 5) is 14.9. The molecule has 25 heavy (non-hydrogen) atoms. The van der Waals surface area contributed by atoms with Gasteiger partial charge in [-0.1, -0.05) is 48.0 Å². The van der Waals surface area contributed by atoms with Crippen molar-refractivity contribution >= 4 is 11.6 Å². The van der Waals surface area contributed by atoms with Gasteiger partial charge in [-0.15, -0.1) is 0 Å². The van der Waals surface area contributed by atoms with Gasteiger partial charge in [-0.25, -0.2) is 0 Å². The maximum Gasteiger partial charge on any atom is 0.229 e. The monoisotopic (exact) mass is 332 g/mol. The van der Waals surface area contributed by atoms with Crippen molar-refractivity contribution in [3.05, 3.63) is 90.3 Å². The zero-order chi connectivity index (χ0) is 17.6. The topological polar surface area (TPSA) is 25.2 Å². The molecule has 1 heterocycles. The van der Waals surface area contributed by atoms with Crippen molar-refractivity contribution in [1.82, 2.24) is 4.57 Å². The van der Waals surface area contributed by atoms with Crippen LogP contribution in [0.5, 0.6) is 0 Å². The van der Waals surface area contributed by atoms with Gasteiger partial charge in [0.2, 0.25) is 5.91 Å². The number of hydrogen-bond acceptors (Lipinski definition) is 1. The van der Waals surface area contributed by atoms with Gasteiger partial charge in [-0.05, 0) is 43.7 Å². The lowest BCUT2D eigenvalue weighted by Gasteiger charge is -2.25. The number of aryl methyl sites for hydroxylation is 1. The van der Waals surface area contributed by atoms with Crippen molar-refractivity contribution in [1.29, 1.82) is 0 Å². The summed E-state index contributed by atoms with van der Waals surface area (Å²) in [6, 6.07) is 22.3. The Morgan fingerprint density at radius 2 is 1.72 bits per heavy atom. The lowest BCUT2D eigenvalue weighted by Crippen LogP contribution is -2.32. The average Bonchev–Trinajstić information content (AvgIpc) is 3.15. The van der Waals surface area contributed by atoms with E-state index < -0.39 is 0 Å². The molecule has 0 saturated heterocycles. The highest BCUT2D eigenvalue weighted by Crippen LogP contribution is 2.25. The van der Waals surface area contributed by atoms with E-state index in [1.807, 2.05) is 66.7 Å². The zero-order valence-electron chi connectivity index (χ0n) is 14.8. The first-order valence-corrected chi connectivity index (χ1v) is 8.73. The number of amides is 1. The quantitative estimate of drug-likeness (QED) is 0.635. The van der Waals surface area contributed by atoms with Gasteiger partial charge in [0.15, 0.2) is 0 Å². The molecular formula is C22H24N2O. The molecule has 3 aromatic rings. The first-order valence-electron chi connectivity index (χ1n) is 8.73. The minimum absolute atomic E-state index is 0.000150. The highest BCUT2D eigenvalue weighted by molar-refractivity contribution is 5.93. The second kappa shape index (κ2) is 7.84. The molecule has 0 fully saturated rings. The second-order valence-corrected chi connectivity index (χ2v) is 6.24. The lowest BCUT2D eigenvalue weighted by atomic mass is 10.0. The molecule has 2 aromatic carbocycles. The molecule has 0 bridgehead atoms. The Kier molecular flexibility index (Phi) is 5.34. The SMILES string of the molecule is CCN(C(=O)C[C@H](c1cccc(C)c1)n1cccc1)c1ccccc1. The minimum atomic E-state index is 0.000150. The van der Waals surface area contributed by atoms with Gasteiger partial charge in [0.1, 0.15) is 0 Å². The van der Waals surface area contributed by atoms with Crippen LogP contribution in [0, 0.1) is 6.92 Å². The molecule has 0 unspecified atom stereocenters. The van der Waals surface area contributed by atoms with Crippen molar-refractivity contribution in [2.45, 2.75) is 26.3 Å². The van der Waals surface area contributed by atoms with Crippen LogP contribution in [-0.2, 0) is 4.79 Å². The van der Waals surface area contributed by atoms with E-state index in [9.17, 15) is 4.79 Å². The third-order valence-corrected chi connectivity index (χ3v) is 4.47. The molecule has 128 valence electrons. The van der Waals surface area contributed by atoms with Crippen molar-refractivity contribution in [3.63, 3.8) is 0 Å². The Bertz CT molecular complexity index is 809. The van der Waals surface area contributed by atoms with Crippen LogP contribution >= 0.6 is 0 Å². The molecular weight excluding hydrogens is 308 g/mol. The van der Waals surface area contributed by atoms with Gasteiger partial charge < -0.3 is 9.47 Å². The molecule has 0 radical (unpaired) electrons. The molecule has 3 rings (SSSR count). The first kappa shape index (κ1) is 17.0. The summed E-state index contributed by atoms with van der Waals surface area (Å²) in [5.74, 6) is 0.133. The Morgan fingerprint density at radius 1 is 1.00 bits per heavy atom. The fourth-order valence-electron chi connectivity index (χ4n) is 3.21. The molecule has 1 amide bonds. The van der Waals surface area contributed by atoms with Crippen molar-refractivity contribution in [2.75, 3.05) is 11.4 Å². The predicted molar refractivity (Wildman–Crippen MR) is 103 cm³/mol. The summed E-state index contributed by atoms with van der Waals surface area (Å²) in [7, 11) is 0. The van der Waals surface area contributed by atoms with Gasteiger partial charge in [0.05, 0.1) is 12.5 Å². The number of anilines is 1. The Labute approximate surface area is 149 Å². The third-order valence-electron chi connectivity index (χ3n) is 4.47. The van der Waals surface area contributed by atoms with E-state index in [2.05, 4.69) is 35.8 Å². The van der Waals surface area contributed by atoms with Gasteiger partial charge in [0.25, 0.3) is 0 Å². The van der Waals surface area contributed by atoms with E-state index in [0.29, 0.717) is 13.0 Å². The first-order chi connectivity index (χ1) is 12.2. The van der Waals surface area contributed by atoms with E-state index in [1.54, 1.807) is 0 Å². The highest BCUT2D eigenvalue weighted by atomic mass is 16.2. The minimum Gasteiger partial charge on any atom is -0.346 e. The largest absolute Gasteiger partial charge is 0.346 e. The Balaban J connectivity index is 1.88. The molecule has 3 heteroatoms. The molecule has 0 spiro atoms.